The van der Waals surface area contributed by atoms with Crippen LogP contribution in [-0.4, -0.2) is 31.9 Å². The summed E-state index contributed by atoms with van der Waals surface area (Å²) in [5.74, 6) is 0.301. The smallest absolute Gasteiger partial charge is 0.243 e. The van der Waals surface area contributed by atoms with Gasteiger partial charge in [-0.25, -0.2) is 12.8 Å². The molecule has 128 valence electrons. The van der Waals surface area contributed by atoms with Crippen LogP contribution in [0, 0.1) is 12.7 Å². The van der Waals surface area contributed by atoms with Gasteiger partial charge in [0.1, 0.15) is 17.7 Å². The third-order valence-corrected chi connectivity index (χ3v) is 6.17. The van der Waals surface area contributed by atoms with Crippen molar-refractivity contribution in [2.75, 3.05) is 13.1 Å². The molecule has 2 aromatic rings. The molecule has 0 aliphatic carbocycles. The van der Waals surface area contributed by atoms with Gasteiger partial charge in [0, 0.05) is 6.54 Å². The van der Waals surface area contributed by atoms with Gasteiger partial charge in [0.25, 0.3) is 0 Å². The summed E-state index contributed by atoms with van der Waals surface area (Å²) in [4.78, 5) is 0.157. The lowest BCUT2D eigenvalue weighted by atomic mass is 10.1. The van der Waals surface area contributed by atoms with Gasteiger partial charge >= 0.3 is 0 Å². The Hall–Kier alpha value is -1.92. The molecule has 1 aliphatic heterocycles. The number of sulfonamides is 1. The lowest BCUT2D eigenvalue weighted by Gasteiger charge is -2.32. The largest absolute Gasteiger partial charge is 0.489 e. The van der Waals surface area contributed by atoms with Crippen molar-refractivity contribution in [2.45, 2.75) is 30.8 Å². The van der Waals surface area contributed by atoms with E-state index in [2.05, 4.69) is 0 Å². The number of piperidine rings is 1. The van der Waals surface area contributed by atoms with Crippen molar-refractivity contribution in [1.29, 1.82) is 0 Å². The summed E-state index contributed by atoms with van der Waals surface area (Å²) < 4.78 is 46.3. The van der Waals surface area contributed by atoms with E-state index in [0.29, 0.717) is 18.7 Å². The van der Waals surface area contributed by atoms with Gasteiger partial charge in [-0.05, 0) is 55.7 Å². The highest BCUT2D eigenvalue weighted by Gasteiger charge is 2.32. The average Bonchev–Trinajstić information content (AvgIpc) is 2.56. The molecule has 3 rings (SSSR count). The lowest BCUT2D eigenvalue weighted by molar-refractivity contribution is 0.130. The molecule has 0 aromatic heterocycles. The number of nitrogens with zero attached hydrogens (tertiary/aromatic N) is 1. The molecule has 6 heteroatoms. The highest BCUT2D eigenvalue weighted by molar-refractivity contribution is 7.89. The van der Waals surface area contributed by atoms with Gasteiger partial charge < -0.3 is 4.74 Å². The standard InChI is InChI=1S/C18H20FNO3S/c1-14-12-15(19)9-10-18(14)24(21,22)20-11-5-8-17(13-20)23-16-6-3-2-4-7-16/h2-4,6-7,9-10,12,17H,5,8,11,13H2,1H3. The van der Waals surface area contributed by atoms with E-state index < -0.39 is 15.8 Å². The number of halogens is 1. The summed E-state index contributed by atoms with van der Waals surface area (Å²) in [7, 11) is -3.65. The average molecular weight is 349 g/mol. The second kappa shape index (κ2) is 6.91. The molecule has 1 unspecified atom stereocenters. The van der Waals surface area contributed by atoms with Gasteiger partial charge in [0.15, 0.2) is 0 Å². The van der Waals surface area contributed by atoms with Crippen LogP contribution < -0.4 is 4.74 Å². The molecule has 2 aromatic carbocycles. The first kappa shape index (κ1) is 16.9. The molecule has 0 spiro atoms. The van der Waals surface area contributed by atoms with Crippen molar-refractivity contribution in [3.8, 4) is 5.75 Å². The number of para-hydroxylation sites is 1. The fourth-order valence-electron chi connectivity index (χ4n) is 2.95. The summed E-state index contributed by atoms with van der Waals surface area (Å²) in [6.07, 6.45) is 1.36. The van der Waals surface area contributed by atoms with Crippen LogP contribution in [0.15, 0.2) is 53.4 Å². The Kier molecular flexibility index (Phi) is 4.87. The molecular weight excluding hydrogens is 329 g/mol. The number of rotatable bonds is 4. The van der Waals surface area contributed by atoms with Gasteiger partial charge in [-0.3, -0.25) is 0 Å². The van der Waals surface area contributed by atoms with Crippen LogP contribution in [0.3, 0.4) is 0 Å². The van der Waals surface area contributed by atoms with Gasteiger partial charge in [-0.15, -0.1) is 0 Å². The van der Waals surface area contributed by atoms with Gasteiger partial charge in [0.05, 0.1) is 11.4 Å². The Morgan fingerprint density at radius 3 is 2.62 bits per heavy atom. The summed E-state index contributed by atoms with van der Waals surface area (Å²) in [6, 6.07) is 13.2. The number of aryl methyl sites for hydroxylation is 1. The minimum Gasteiger partial charge on any atom is -0.489 e. The number of hydrogen-bond donors (Lipinski definition) is 0. The highest BCUT2D eigenvalue weighted by Crippen LogP contribution is 2.25. The first-order chi connectivity index (χ1) is 11.5. The van der Waals surface area contributed by atoms with E-state index in [1.165, 1.54) is 22.5 Å². The summed E-state index contributed by atoms with van der Waals surface area (Å²) in [6.45, 7) is 2.36. The molecule has 4 nitrogen and oxygen atoms in total. The Bertz CT molecular complexity index is 808. The molecule has 1 heterocycles. The maximum absolute atomic E-state index is 13.3. The molecule has 0 radical (unpaired) electrons. The number of ether oxygens (including phenoxy) is 1. The molecule has 24 heavy (non-hydrogen) atoms. The maximum atomic E-state index is 13.3. The van der Waals surface area contributed by atoms with Crippen LogP contribution in [-0.2, 0) is 10.0 Å². The number of benzene rings is 2. The topological polar surface area (TPSA) is 46.6 Å². The molecule has 0 N–H and O–H groups in total. The third kappa shape index (κ3) is 3.60. The van der Waals surface area contributed by atoms with Crippen molar-refractivity contribution >= 4 is 10.0 Å². The quantitative estimate of drug-likeness (QED) is 0.850. The minimum absolute atomic E-state index is 0.157. The van der Waals surface area contributed by atoms with E-state index in [9.17, 15) is 12.8 Å². The molecule has 0 saturated carbocycles. The summed E-state index contributed by atoms with van der Waals surface area (Å²) >= 11 is 0. The summed E-state index contributed by atoms with van der Waals surface area (Å²) in [5, 5.41) is 0. The molecular formula is C18H20FNO3S. The fourth-order valence-corrected chi connectivity index (χ4v) is 4.67. The Balaban J connectivity index is 1.78. The zero-order valence-electron chi connectivity index (χ0n) is 13.5. The summed E-state index contributed by atoms with van der Waals surface area (Å²) in [5.41, 5.74) is 0.418. The Labute approximate surface area is 141 Å². The predicted octanol–water partition coefficient (Wildman–Crippen LogP) is 3.37. The highest BCUT2D eigenvalue weighted by atomic mass is 32.2. The van der Waals surface area contributed by atoms with Crippen molar-refractivity contribution in [3.63, 3.8) is 0 Å². The molecule has 0 amide bonds. The second-order valence-electron chi connectivity index (χ2n) is 5.97. The van der Waals surface area contributed by atoms with Crippen LogP contribution >= 0.6 is 0 Å². The van der Waals surface area contributed by atoms with Gasteiger partial charge in [-0.1, -0.05) is 18.2 Å². The van der Waals surface area contributed by atoms with E-state index in [4.69, 9.17) is 4.74 Å². The predicted molar refractivity (Wildman–Crippen MR) is 90.0 cm³/mol. The van der Waals surface area contributed by atoms with Crippen molar-refractivity contribution in [1.82, 2.24) is 4.31 Å². The van der Waals surface area contributed by atoms with Crippen molar-refractivity contribution in [3.05, 3.63) is 59.9 Å². The van der Waals surface area contributed by atoms with E-state index in [0.717, 1.165) is 18.6 Å². The maximum Gasteiger partial charge on any atom is 0.243 e. The first-order valence-corrected chi connectivity index (χ1v) is 9.39. The van der Waals surface area contributed by atoms with E-state index in [-0.39, 0.29) is 11.0 Å². The molecule has 1 atom stereocenters. The van der Waals surface area contributed by atoms with Crippen molar-refractivity contribution < 1.29 is 17.5 Å². The van der Waals surface area contributed by atoms with Gasteiger partial charge in [-0.2, -0.15) is 4.31 Å². The fraction of sp³-hybridized carbons (Fsp3) is 0.333. The normalized spacial score (nSPS) is 19.2. The van der Waals surface area contributed by atoms with Crippen LogP contribution in [0.25, 0.3) is 0 Å². The second-order valence-corrected chi connectivity index (χ2v) is 7.87. The SMILES string of the molecule is Cc1cc(F)ccc1S(=O)(=O)N1CCCC(Oc2ccccc2)C1. The van der Waals surface area contributed by atoms with Crippen LogP contribution in [0.5, 0.6) is 5.75 Å². The first-order valence-electron chi connectivity index (χ1n) is 7.95. The monoisotopic (exact) mass is 349 g/mol. The molecule has 1 aliphatic rings. The molecule has 0 bridgehead atoms. The zero-order chi connectivity index (χ0) is 17.2. The van der Waals surface area contributed by atoms with E-state index in [1.54, 1.807) is 6.92 Å². The molecule has 1 saturated heterocycles. The molecule has 1 fully saturated rings. The lowest BCUT2D eigenvalue weighted by Crippen LogP contribution is -2.44. The minimum atomic E-state index is -3.65. The van der Waals surface area contributed by atoms with Crippen LogP contribution in [0.4, 0.5) is 4.39 Å². The van der Waals surface area contributed by atoms with E-state index in [1.807, 2.05) is 30.3 Å². The van der Waals surface area contributed by atoms with Crippen LogP contribution in [0.1, 0.15) is 18.4 Å². The Morgan fingerprint density at radius 2 is 1.92 bits per heavy atom. The van der Waals surface area contributed by atoms with Crippen LogP contribution in [0.2, 0.25) is 0 Å². The number of hydrogen-bond acceptors (Lipinski definition) is 3. The third-order valence-electron chi connectivity index (χ3n) is 4.14. The van der Waals surface area contributed by atoms with Gasteiger partial charge in [0.2, 0.25) is 10.0 Å². The van der Waals surface area contributed by atoms with Crippen molar-refractivity contribution in [2.24, 2.45) is 0 Å². The Morgan fingerprint density at radius 1 is 1.17 bits per heavy atom. The zero-order valence-corrected chi connectivity index (χ0v) is 14.3. The van der Waals surface area contributed by atoms with E-state index >= 15 is 0 Å².